The molecule has 1 atom stereocenters. The van der Waals surface area contributed by atoms with Crippen LogP contribution < -0.4 is 4.74 Å². The lowest BCUT2D eigenvalue weighted by atomic mass is 10.2. The maximum absolute atomic E-state index is 12.1. The summed E-state index contributed by atoms with van der Waals surface area (Å²) in [5.41, 5.74) is 0. The average molecular weight is 298 g/mol. The van der Waals surface area contributed by atoms with Crippen molar-refractivity contribution in [3.05, 3.63) is 24.3 Å². The maximum atomic E-state index is 12.1. The van der Waals surface area contributed by atoms with Crippen LogP contribution in [0.2, 0.25) is 0 Å². The van der Waals surface area contributed by atoms with Gasteiger partial charge in [-0.15, -0.1) is 0 Å². The monoisotopic (exact) mass is 298 g/mol. The molecule has 0 saturated carbocycles. The molecule has 6 heteroatoms. The Hall–Kier alpha value is -1.69. The van der Waals surface area contributed by atoms with E-state index in [1.165, 1.54) is 7.11 Å². The van der Waals surface area contributed by atoms with E-state index in [2.05, 4.69) is 0 Å². The number of carbonyl (C=O) groups is 2. The van der Waals surface area contributed by atoms with Gasteiger partial charge in [0.1, 0.15) is 11.5 Å². The first-order valence-electron chi connectivity index (χ1n) is 6.27. The van der Waals surface area contributed by atoms with Gasteiger partial charge in [0, 0.05) is 6.42 Å². The molecule has 0 aliphatic rings. The highest BCUT2D eigenvalue weighted by Gasteiger charge is 2.15. The van der Waals surface area contributed by atoms with Gasteiger partial charge in [-0.1, -0.05) is 12.1 Å². The molecule has 0 aliphatic carbocycles. The maximum Gasteiger partial charge on any atom is 0.306 e. The summed E-state index contributed by atoms with van der Waals surface area (Å²) in [5, 5.41) is 0. The number of hydrogen-bond donors (Lipinski definition) is 0. The molecule has 0 radical (unpaired) electrons. The van der Waals surface area contributed by atoms with Gasteiger partial charge in [-0.25, -0.2) is 0 Å². The Balaban J connectivity index is 2.53. The molecule has 1 aromatic carbocycles. The van der Waals surface area contributed by atoms with Crippen LogP contribution >= 0.6 is 0 Å². The van der Waals surface area contributed by atoms with Crippen molar-refractivity contribution in [2.75, 3.05) is 19.5 Å². The molecule has 0 saturated heterocycles. The summed E-state index contributed by atoms with van der Waals surface area (Å²) < 4.78 is 21.9. The zero-order valence-electron chi connectivity index (χ0n) is 11.6. The lowest BCUT2D eigenvalue weighted by Gasteiger charge is -2.07. The summed E-state index contributed by atoms with van der Waals surface area (Å²) in [4.78, 5) is 23.3. The predicted molar refractivity (Wildman–Crippen MR) is 75.1 cm³/mol. The van der Waals surface area contributed by atoms with Gasteiger partial charge in [-0.2, -0.15) is 0 Å². The highest BCUT2D eigenvalue weighted by Crippen LogP contribution is 2.21. The normalized spacial score (nSPS) is 11.7. The number of Topliss-reactive ketones (excluding diaryl/α,β-unsaturated/α-hetero) is 1. The van der Waals surface area contributed by atoms with E-state index in [-0.39, 0.29) is 24.4 Å². The van der Waals surface area contributed by atoms with Crippen LogP contribution in [0.1, 0.15) is 19.8 Å². The van der Waals surface area contributed by atoms with Crippen molar-refractivity contribution in [3.63, 3.8) is 0 Å². The minimum absolute atomic E-state index is 0.0236. The Morgan fingerprint density at radius 2 is 1.90 bits per heavy atom. The summed E-state index contributed by atoms with van der Waals surface area (Å²) >= 11 is 0. The number of ketones is 1. The second-order valence-electron chi connectivity index (χ2n) is 3.98. The summed E-state index contributed by atoms with van der Waals surface area (Å²) in [6, 6.07) is 6.85. The lowest BCUT2D eigenvalue weighted by Crippen LogP contribution is -2.14. The minimum Gasteiger partial charge on any atom is -0.495 e. The quantitative estimate of drug-likeness (QED) is 0.683. The minimum atomic E-state index is -1.47. The SMILES string of the molecule is CCOC(=O)CCC(=O)CS(=O)c1ccccc1OC. The molecule has 0 amide bonds. The number of carbonyl (C=O) groups excluding carboxylic acids is 2. The molecule has 0 aliphatic heterocycles. The first-order chi connectivity index (χ1) is 9.58. The zero-order valence-corrected chi connectivity index (χ0v) is 12.4. The number of rotatable bonds is 8. The fourth-order valence-corrected chi connectivity index (χ4v) is 2.78. The van der Waals surface area contributed by atoms with Crippen molar-refractivity contribution in [3.8, 4) is 5.75 Å². The van der Waals surface area contributed by atoms with Crippen LogP contribution in [-0.2, 0) is 25.1 Å². The van der Waals surface area contributed by atoms with Crippen molar-refractivity contribution in [1.82, 2.24) is 0 Å². The number of benzene rings is 1. The molecular weight excluding hydrogens is 280 g/mol. The second kappa shape index (κ2) is 8.47. The molecule has 20 heavy (non-hydrogen) atoms. The summed E-state index contributed by atoms with van der Waals surface area (Å²) in [7, 11) is 0.0147. The van der Waals surface area contributed by atoms with E-state index in [1.807, 2.05) is 0 Å². The van der Waals surface area contributed by atoms with Crippen LogP contribution in [0.5, 0.6) is 5.75 Å². The fourth-order valence-electron chi connectivity index (χ4n) is 1.58. The molecule has 0 heterocycles. The lowest BCUT2D eigenvalue weighted by molar-refractivity contribution is -0.144. The van der Waals surface area contributed by atoms with Crippen molar-refractivity contribution in [1.29, 1.82) is 0 Å². The van der Waals surface area contributed by atoms with E-state index in [0.29, 0.717) is 17.3 Å². The van der Waals surface area contributed by atoms with Crippen molar-refractivity contribution in [2.45, 2.75) is 24.7 Å². The molecule has 0 fully saturated rings. The number of para-hydroxylation sites is 1. The zero-order chi connectivity index (χ0) is 15.0. The fraction of sp³-hybridized carbons (Fsp3) is 0.429. The number of ether oxygens (including phenoxy) is 2. The number of esters is 1. The van der Waals surface area contributed by atoms with Gasteiger partial charge in [-0.3, -0.25) is 13.8 Å². The van der Waals surface area contributed by atoms with Gasteiger partial charge in [0.05, 0.1) is 41.6 Å². The van der Waals surface area contributed by atoms with Crippen LogP contribution in [-0.4, -0.2) is 35.4 Å². The van der Waals surface area contributed by atoms with E-state index >= 15 is 0 Å². The highest BCUT2D eigenvalue weighted by atomic mass is 32.2. The Labute approximate surface area is 120 Å². The molecule has 0 N–H and O–H groups in total. The molecule has 1 unspecified atom stereocenters. The van der Waals surface area contributed by atoms with E-state index in [1.54, 1.807) is 31.2 Å². The largest absolute Gasteiger partial charge is 0.495 e. The summed E-state index contributed by atoms with van der Waals surface area (Å²) in [5.74, 6) is -0.282. The molecule has 0 aromatic heterocycles. The van der Waals surface area contributed by atoms with Gasteiger partial charge in [0.2, 0.25) is 0 Å². The van der Waals surface area contributed by atoms with Crippen LogP contribution in [0.25, 0.3) is 0 Å². The standard InChI is InChI=1S/C14H18O5S/c1-3-19-14(16)9-8-11(15)10-20(17)13-7-5-4-6-12(13)18-2/h4-7H,3,8-10H2,1-2H3. The Morgan fingerprint density at radius 3 is 2.55 bits per heavy atom. The van der Waals surface area contributed by atoms with Crippen LogP contribution in [0.4, 0.5) is 0 Å². The number of hydrogen-bond acceptors (Lipinski definition) is 5. The average Bonchev–Trinajstić information content (AvgIpc) is 2.45. The van der Waals surface area contributed by atoms with Gasteiger partial charge in [0.25, 0.3) is 0 Å². The molecular formula is C14H18O5S. The molecule has 1 rings (SSSR count). The second-order valence-corrected chi connectivity index (χ2v) is 5.40. The van der Waals surface area contributed by atoms with Crippen molar-refractivity contribution in [2.24, 2.45) is 0 Å². The summed E-state index contributed by atoms with van der Waals surface area (Å²) in [6.07, 6.45) is 0.0650. The van der Waals surface area contributed by atoms with E-state index in [4.69, 9.17) is 9.47 Å². The third-order valence-electron chi connectivity index (χ3n) is 2.52. The smallest absolute Gasteiger partial charge is 0.306 e. The van der Waals surface area contributed by atoms with Crippen LogP contribution in [0.3, 0.4) is 0 Å². The van der Waals surface area contributed by atoms with Gasteiger partial charge in [0.15, 0.2) is 0 Å². The molecule has 110 valence electrons. The van der Waals surface area contributed by atoms with Crippen LogP contribution in [0, 0.1) is 0 Å². The van der Waals surface area contributed by atoms with Gasteiger partial charge >= 0.3 is 5.97 Å². The third kappa shape index (κ3) is 5.13. The van der Waals surface area contributed by atoms with E-state index in [0.717, 1.165) is 0 Å². The predicted octanol–water partition coefficient (Wildman–Crippen LogP) is 1.72. The van der Waals surface area contributed by atoms with Crippen molar-refractivity contribution >= 4 is 22.6 Å². The summed E-state index contributed by atoms with van der Waals surface area (Å²) in [6.45, 7) is 2.00. The molecule has 0 bridgehead atoms. The molecule has 1 aromatic rings. The van der Waals surface area contributed by atoms with E-state index in [9.17, 15) is 13.8 Å². The Kier molecular flexibility index (Phi) is 6.93. The third-order valence-corrected chi connectivity index (χ3v) is 3.93. The first-order valence-corrected chi connectivity index (χ1v) is 7.59. The van der Waals surface area contributed by atoms with Gasteiger partial charge in [-0.05, 0) is 19.1 Å². The van der Waals surface area contributed by atoms with Crippen LogP contribution in [0.15, 0.2) is 29.2 Å². The molecule has 5 nitrogen and oxygen atoms in total. The van der Waals surface area contributed by atoms with E-state index < -0.39 is 16.8 Å². The van der Waals surface area contributed by atoms with Gasteiger partial charge < -0.3 is 9.47 Å². The van der Waals surface area contributed by atoms with Crippen molar-refractivity contribution < 1.29 is 23.3 Å². The Morgan fingerprint density at radius 1 is 1.20 bits per heavy atom. The highest BCUT2D eigenvalue weighted by molar-refractivity contribution is 7.85. The molecule has 0 spiro atoms. The topological polar surface area (TPSA) is 69.7 Å². The first kappa shape index (κ1) is 16.4. The number of methoxy groups -OCH3 is 1. The Bertz CT molecular complexity index is 498.